The van der Waals surface area contributed by atoms with E-state index in [1.807, 2.05) is 6.92 Å². The van der Waals surface area contributed by atoms with Crippen molar-refractivity contribution in [1.29, 1.82) is 0 Å². The highest BCUT2D eigenvalue weighted by Gasteiger charge is 2.08. The highest BCUT2D eigenvalue weighted by atomic mass is 79.9. The molecule has 0 aliphatic carbocycles. The minimum atomic E-state index is -0.423. The van der Waals surface area contributed by atoms with Gasteiger partial charge in [0.2, 0.25) is 0 Å². The summed E-state index contributed by atoms with van der Waals surface area (Å²) in [6.07, 6.45) is 0. The Labute approximate surface area is 96.3 Å². The molecule has 0 unspecified atom stereocenters. The summed E-state index contributed by atoms with van der Waals surface area (Å²) in [7, 11) is 0. The highest BCUT2D eigenvalue weighted by molar-refractivity contribution is 9.10. The number of halogens is 1. The van der Waals surface area contributed by atoms with Crippen molar-refractivity contribution in [2.24, 2.45) is 0 Å². The molecule has 0 amide bonds. The first kappa shape index (κ1) is 11.7. The van der Waals surface area contributed by atoms with Gasteiger partial charge in [0.1, 0.15) is 0 Å². The topological polar surface area (TPSA) is 55.2 Å². The van der Waals surface area contributed by atoms with E-state index < -0.39 is 4.92 Å². The Kier molecular flexibility index (Phi) is 3.85. The van der Waals surface area contributed by atoms with E-state index in [4.69, 9.17) is 0 Å². The van der Waals surface area contributed by atoms with Gasteiger partial charge in [-0.25, -0.2) is 0 Å². The van der Waals surface area contributed by atoms with E-state index in [1.165, 1.54) is 12.1 Å². The van der Waals surface area contributed by atoms with Gasteiger partial charge in [0.05, 0.1) is 4.92 Å². The Hall–Kier alpha value is -1.36. The van der Waals surface area contributed by atoms with E-state index in [0.717, 1.165) is 11.3 Å². The molecule has 0 saturated carbocycles. The molecular formula is C10H11BrN2O2. The third-order valence-electron chi connectivity index (χ3n) is 1.74. The van der Waals surface area contributed by atoms with Gasteiger partial charge in [-0.3, -0.25) is 10.1 Å². The number of rotatable bonds is 4. The summed E-state index contributed by atoms with van der Waals surface area (Å²) in [6, 6.07) is 4.61. The SMILES string of the molecule is C=C(C)CNc1ccc([N+](=O)[O-])cc1Br. The van der Waals surface area contributed by atoms with Crippen molar-refractivity contribution in [1.82, 2.24) is 0 Å². The van der Waals surface area contributed by atoms with Gasteiger partial charge in [0.25, 0.3) is 5.69 Å². The number of anilines is 1. The van der Waals surface area contributed by atoms with Gasteiger partial charge >= 0.3 is 0 Å². The fourth-order valence-electron chi connectivity index (χ4n) is 1.01. The fourth-order valence-corrected chi connectivity index (χ4v) is 1.51. The zero-order chi connectivity index (χ0) is 11.4. The number of non-ortho nitro benzene ring substituents is 1. The van der Waals surface area contributed by atoms with Gasteiger partial charge in [-0.05, 0) is 28.9 Å². The maximum Gasteiger partial charge on any atom is 0.270 e. The molecule has 1 aromatic rings. The van der Waals surface area contributed by atoms with Crippen molar-refractivity contribution in [2.45, 2.75) is 6.92 Å². The largest absolute Gasteiger partial charge is 0.380 e. The lowest BCUT2D eigenvalue weighted by Crippen LogP contribution is -2.02. The molecule has 0 fully saturated rings. The van der Waals surface area contributed by atoms with E-state index >= 15 is 0 Å². The smallest absolute Gasteiger partial charge is 0.270 e. The Bertz CT molecular complexity index is 404. The number of nitrogens with one attached hydrogen (secondary N) is 1. The van der Waals surface area contributed by atoms with Crippen molar-refractivity contribution < 1.29 is 4.92 Å². The van der Waals surface area contributed by atoms with Crippen LogP contribution < -0.4 is 5.32 Å². The summed E-state index contributed by atoms with van der Waals surface area (Å²) in [5.74, 6) is 0. The third-order valence-corrected chi connectivity index (χ3v) is 2.40. The van der Waals surface area contributed by atoms with Crippen molar-refractivity contribution >= 4 is 27.3 Å². The molecule has 0 radical (unpaired) electrons. The number of nitro groups is 1. The average Bonchev–Trinajstić information content (AvgIpc) is 2.15. The minimum absolute atomic E-state index is 0.0720. The molecule has 0 spiro atoms. The monoisotopic (exact) mass is 270 g/mol. The van der Waals surface area contributed by atoms with E-state index in [-0.39, 0.29) is 5.69 Å². The molecule has 0 bridgehead atoms. The fraction of sp³-hybridized carbons (Fsp3) is 0.200. The van der Waals surface area contributed by atoms with Crippen LogP contribution in [0.3, 0.4) is 0 Å². The van der Waals surface area contributed by atoms with E-state index in [0.29, 0.717) is 11.0 Å². The highest BCUT2D eigenvalue weighted by Crippen LogP contribution is 2.26. The van der Waals surface area contributed by atoms with Crippen LogP contribution >= 0.6 is 15.9 Å². The predicted octanol–water partition coefficient (Wildman–Crippen LogP) is 3.35. The van der Waals surface area contributed by atoms with Crippen LogP contribution in [-0.4, -0.2) is 11.5 Å². The molecule has 1 aromatic carbocycles. The van der Waals surface area contributed by atoms with E-state index in [9.17, 15) is 10.1 Å². The quantitative estimate of drug-likeness (QED) is 0.519. The Balaban J connectivity index is 2.83. The molecule has 0 saturated heterocycles. The number of hydrogen-bond donors (Lipinski definition) is 1. The first-order chi connectivity index (χ1) is 7.00. The van der Waals surface area contributed by atoms with Crippen molar-refractivity contribution in [3.05, 3.63) is 44.9 Å². The number of nitro benzene ring substituents is 1. The molecule has 4 nitrogen and oxygen atoms in total. The second-order valence-corrected chi connectivity index (χ2v) is 4.09. The molecule has 5 heteroatoms. The van der Waals surface area contributed by atoms with Gasteiger partial charge < -0.3 is 5.32 Å². The van der Waals surface area contributed by atoms with E-state index in [2.05, 4.69) is 27.8 Å². The maximum absolute atomic E-state index is 10.5. The molecule has 0 aliphatic rings. The van der Waals surface area contributed by atoms with Crippen molar-refractivity contribution in [3.63, 3.8) is 0 Å². The molecule has 0 aromatic heterocycles. The lowest BCUT2D eigenvalue weighted by atomic mass is 10.2. The third kappa shape index (κ3) is 3.36. The van der Waals surface area contributed by atoms with Crippen LogP contribution in [0.2, 0.25) is 0 Å². The average molecular weight is 271 g/mol. The lowest BCUT2D eigenvalue weighted by molar-refractivity contribution is -0.384. The molecule has 80 valence electrons. The maximum atomic E-state index is 10.5. The Morgan fingerprint density at radius 3 is 2.80 bits per heavy atom. The van der Waals surface area contributed by atoms with Crippen molar-refractivity contribution in [3.8, 4) is 0 Å². The molecule has 1 N–H and O–H groups in total. The van der Waals surface area contributed by atoms with Gasteiger partial charge in [-0.1, -0.05) is 12.2 Å². The van der Waals surface area contributed by atoms with E-state index in [1.54, 1.807) is 6.07 Å². The van der Waals surface area contributed by atoms with Gasteiger partial charge in [-0.2, -0.15) is 0 Å². The summed E-state index contributed by atoms with van der Waals surface area (Å²) in [5, 5.41) is 13.6. The first-order valence-electron chi connectivity index (χ1n) is 4.33. The van der Waals surface area contributed by atoms with Crippen molar-refractivity contribution in [2.75, 3.05) is 11.9 Å². The van der Waals surface area contributed by atoms with Gasteiger partial charge in [0, 0.05) is 28.8 Å². The molecule has 0 atom stereocenters. The van der Waals surface area contributed by atoms with Crippen LogP contribution in [0.5, 0.6) is 0 Å². The van der Waals surface area contributed by atoms with Crippen LogP contribution in [0, 0.1) is 10.1 Å². The molecule has 1 rings (SSSR count). The van der Waals surface area contributed by atoms with Gasteiger partial charge in [0.15, 0.2) is 0 Å². The Morgan fingerprint density at radius 1 is 1.67 bits per heavy atom. The normalized spacial score (nSPS) is 9.73. The van der Waals surface area contributed by atoms with Crippen LogP contribution in [-0.2, 0) is 0 Å². The Morgan fingerprint density at radius 2 is 2.33 bits per heavy atom. The number of benzene rings is 1. The van der Waals surface area contributed by atoms with Crippen LogP contribution in [0.15, 0.2) is 34.8 Å². The van der Waals surface area contributed by atoms with Crippen LogP contribution in [0.25, 0.3) is 0 Å². The van der Waals surface area contributed by atoms with Crippen LogP contribution in [0.1, 0.15) is 6.92 Å². The van der Waals surface area contributed by atoms with Gasteiger partial charge in [-0.15, -0.1) is 0 Å². The summed E-state index contributed by atoms with van der Waals surface area (Å²) >= 11 is 3.27. The summed E-state index contributed by atoms with van der Waals surface area (Å²) in [5.41, 5.74) is 1.90. The summed E-state index contributed by atoms with van der Waals surface area (Å²) in [6.45, 7) is 6.32. The zero-order valence-electron chi connectivity index (χ0n) is 8.29. The second-order valence-electron chi connectivity index (χ2n) is 3.23. The first-order valence-corrected chi connectivity index (χ1v) is 5.12. The second kappa shape index (κ2) is 4.93. The predicted molar refractivity (Wildman–Crippen MR) is 64.1 cm³/mol. The standard InChI is InChI=1S/C10H11BrN2O2/c1-7(2)6-12-10-4-3-8(13(14)15)5-9(10)11/h3-5,12H,1,6H2,2H3. The summed E-state index contributed by atoms with van der Waals surface area (Å²) < 4.78 is 0.679. The zero-order valence-corrected chi connectivity index (χ0v) is 9.87. The summed E-state index contributed by atoms with van der Waals surface area (Å²) in [4.78, 5) is 10.1. The number of nitrogens with zero attached hydrogens (tertiary/aromatic N) is 1. The molecule has 15 heavy (non-hydrogen) atoms. The minimum Gasteiger partial charge on any atom is -0.380 e. The molecule has 0 aliphatic heterocycles. The van der Waals surface area contributed by atoms with Crippen LogP contribution in [0.4, 0.5) is 11.4 Å². The number of hydrogen-bond acceptors (Lipinski definition) is 3. The lowest BCUT2D eigenvalue weighted by Gasteiger charge is -2.07. The molecular weight excluding hydrogens is 260 g/mol. The molecule has 0 heterocycles.